The van der Waals surface area contributed by atoms with E-state index in [0.717, 1.165) is 66.1 Å². The summed E-state index contributed by atoms with van der Waals surface area (Å²) in [6.45, 7) is 0. The van der Waals surface area contributed by atoms with Crippen molar-refractivity contribution >= 4 is 44.7 Å². The molecule has 4 aliphatic carbocycles. The van der Waals surface area contributed by atoms with Crippen molar-refractivity contribution in [1.29, 1.82) is 0 Å². The molecule has 14 rings (SSSR count). The van der Waals surface area contributed by atoms with Crippen LogP contribution in [-0.4, -0.2) is 23.1 Å². The number of ketones is 4. The van der Waals surface area contributed by atoms with Crippen LogP contribution in [0.1, 0.15) is 110 Å². The fourth-order valence-electron chi connectivity index (χ4n) is 10.8. The van der Waals surface area contributed by atoms with Gasteiger partial charge >= 0.3 is 0 Å². The normalized spacial score (nSPS) is 23.9. The number of rotatable bonds is 0. The Morgan fingerprint density at radius 3 is 0.833 bits per heavy atom. The van der Waals surface area contributed by atoms with Gasteiger partial charge in [0.25, 0.3) is 0 Å². The highest BCUT2D eigenvalue weighted by atomic mass is 16.5. The number of hydrogen-bond donors (Lipinski definition) is 0. The van der Waals surface area contributed by atoms with Crippen LogP contribution in [0.2, 0.25) is 0 Å². The Morgan fingerprint density at radius 1 is 0.352 bits per heavy atom. The zero-order valence-electron chi connectivity index (χ0n) is 28.8. The summed E-state index contributed by atoms with van der Waals surface area (Å²) in [4.78, 5) is 57.2. The van der Waals surface area contributed by atoms with Crippen LogP contribution in [-0.2, 0) is 35.2 Å². The first-order valence-corrected chi connectivity index (χ1v) is 18.8. The van der Waals surface area contributed by atoms with Crippen LogP contribution in [0, 0.1) is 0 Å². The molecule has 6 aromatic rings. The van der Waals surface area contributed by atoms with Crippen LogP contribution in [0.25, 0.3) is 21.5 Å². The summed E-state index contributed by atoms with van der Waals surface area (Å²) >= 11 is 0. The number of benzene rings is 6. The second-order valence-corrected chi connectivity index (χ2v) is 15.7. The van der Waals surface area contributed by atoms with Crippen molar-refractivity contribution < 1.29 is 28.7 Å². The Bertz CT molecular complexity index is 2600. The minimum absolute atomic E-state index is 0.118. The van der Waals surface area contributed by atoms with E-state index < -0.39 is 24.4 Å². The largest absolute Gasteiger partial charge is 0.356 e. The zero-order chi connectivity index (χ0) is 35.7. The number of ether oxygens (including phenoxy) is 2. The molecule has 256 valence electrons. The second kappa shape index (κ2) is 9.91. The van der Waals surface area contributed by atoms with Gasteiger partial charge in [-0.1, -0.05) is 72.8 Å². The van der Waals surface area contributed by atoms with E-state index in [1.54, 1.807) is 0 Å². The lowest BCUT2D eigenvalue weighted by atomic mass is 9.70. The Balaban J connectivity index is 0.910. The van der Waals surface area contributed by atoms with Gasteiger partial charge in [0.1, 0.15) is 24.4 Å². The van der Waals surface area contributed by atoms with Crippen molar-refractivity contribution in [2.24, 2.45) is 0 Å². The van der Waals surface area contributed by atoms with Crippen molar-refractivity contribution in [3.63, 3.8) is 0 Å². The molecule has 0 amide bonds. The van der Waals surface area contributed by atoms with Gasteiger partial charge in [-0.15, -0.1) is 0 Å². The molecule has 4 atom stereocenters. The number of hydrogen-bond acceptors (Lipinski definition) is 6. The highest BCUT2D eigenvalue weighted by Gasteiger charge is 2.56. The topological polar surface area (TPSA) is 86.7 Å². The van der Waals surface area contributed by atoms with Crippen molar-refractivity contribution in [2.45, 2.75) is 50.1 Å². The molecule has 8 bridgehead atoms. The first-order chi connectivity index (χ1) is 26.4. The number of carbonyl (C=O) groups excluding carboxylic acids is 4. The Labute approximate surface area is 308 Å². The van der Waals surface area contributed by atoms with Crippen molar-refractivity contribution in [3.8, 4) is 0 Å². The third-order valence-corrected chi connectivity index (χ3v) is 13.2. The maximum absolute atomic E-state index is 14.3. The SMILES string of the molecule is O=C1C2=C(C(=O)c3cc4ccccc4cc31)C1OC2c2c3ccc(c21)CCc1ccc(c2c1C1OC2C2=C1C(=O)c1cc4ccccc4cc1C2=O)CC3. The molecule has 6 nitrogen and oxygen atoms in total. The van der Waals surface area contributed by atoms with E-state index in [9.17, 15) is 19.2 Å². The van der Waals surface area contributed by atoms with E-state index in [1.807, 2.05) is 72.8 Å². The van der Waals surface area contributed by atoms with Crippen LogP contribution < -0.4 is 0 Å². The van der Waals surface area contributed by atoms with Gasteiger partial charge in [-0.25, -0.2) is 0 Å². The average molecular weight is 701 g/mol. The molecular weight excluding hydrogens is 673 g/mol. The van der Waals surface area contributed by atoms with Crippen molar-refractivity contribution in [1.82, 2.24) is 0 Å². The Hall–Kier alpha value is -6.08. The third-order valence-electron chi connectivity index (χ3n) is 13.2. The molecule has 4 unspecified atom stereocenters. The van der Waals surface area contributed by atoms with Gasteiger partial charge in [0, 0.05) is 44.5 Å². The van der Waals surface area contributed by atoms with Crippen LogP contribution >= 0.6 is 0 Å². The lowest BCUT2D eigenvalue weighted by Gasteiger charge is -2.29. The molecule has 4 heterocycles. The van der Waals surface area contributed by atoms with Crippen LogP contribution in [0.5, 0.6) is 0 Å². The van der Waals surface area contributed by atoms with E-state index in [0.29, 0.717) is 70.2 Å². The van der Waals surface area contributed by atoms with Gasteiger partial charge in [0.15, 0.2) is 23.1 Å². The summed E-state index contributed by atoms with van der Waals surface area (Å²) in [7, 11) is 0. The van der Waals surface area contributed by atoms with Gasteiger partial charge in [-0.3, -0.25) is 19.2 Å². The molecule has 0 N–H and O–H groups in total. The van der Waals surface area contributed by atoms with Gasteiger partial charge in [-0.05, 0) is 116 Å². The first kappa shape index (κ1) is 29.4. The molecule has 8 aliphatic rings. The maximum atomic E-state index is 14.3. The zero-order valence-corrected chi connectivity index (χ0v) is 28.8. The molecule has 0 aromatic heterocycles. The number of fused-ring (bicyclic) bond motifs is 18. The van der Waals surface area contributed by atoms with E-state index in [2.05, 4.69) is 24.3 Å². The van der Waals surface area contributed by atoms with Crippen molar-refractivity contribution in [3.05, 3.63) is 186 Å². The van der Waals surface area contributed by atoms with E-state index in [1.165, 1.54) is 0 Å². The third kappa shape index (κ3) is 3.45. The van der Waals surface area contributed by atoms with Crippen LogP contribution in [0.3, 0.4) is 0 Å². The van der Waals surface area contributed by atoms with E-state index in [-0.39, 0.29) is 23.1 Å². The number of aryl methyl sites for hydroxylation is 4. The summed E-state index contributed by atoms with van der Waals surface area (Å²) in [5, 5.41) is 3.72. The monoisotopic (exact) mass is 700 g/mol. The lowest BCUT2D eigenvalue weighted by molar-refractivity contribution is 0.0703. The predicted octanol–water partition coefficient (Wildman–Crippen LogP) is 8.88. The predicted molar refractivity (Wildman–Crippen MR) is 200 cm³/mol. The van der Waals surface area contributed by atoms with Gasteiger partial charge in [-0.2, -0.15) is 0 Å². The summed E-state index contributed by atoms with van der Waals surface area (Å²) in [5.41, 5.74) is 12.3. The number of carbonyl (C=O) groups is 4. The first-order valence-electron chi connectivity index (χ1n) is 18.8. The molecule has 6 aromatic carbocycles. The molecule has 4 aliphatic heterocycles. The fourth-order valence-corrected chi connectivity index (χ4v) is 10.8. The summed E-state index contributed by atoms with van der Waals surface area (Å²) in [6.07, 6.45) is 0.361. The quantitative estimate of drug-likeness (QED) is 0.157. The van der Waals surface area contributed by atoms with Crippen molar-refractivity contribution in [2.75, 3.05) is 0 Å². The Morgan fingerprint density at radius 2 is 0.593 bits per heavy atom. The summed E-state index contributed by atoms with van der Waals surface area (Å²) in [6, 6.07) is 31.8. The maximum Gasteiger partial charge on any atom is 0.193 e. The van der Waals surface area contributed by atoms with E-state index >= 15 is 0 Å². The standard InChI is InChI=1S/C48H28O6/c49-41-29-17-25-5-1-2-6-26(25)18-30(29)42(50)38-37(41)45-33-21-9-10-22(34(33)46(38)53-45)15-16-24-12-11-23(14-13-21)35-36(24)48-40-39(47(35)54-48)43(51)31-19-27-7-3-4-8-28(27)20-32(31)44(40)52/h1-12,17-20,45-48H,13-16H2. The molecule has 0 spiro atoms. The van der Waals surface area contributed by atoms with E-state index in [4.69, 9.17) is 9.47 Å². The second-order valence-electron chi connectivity index (χ2n) is 15.7. The highest BCUT2D eigenvalue weighted by Crippen LogP contribution is 2.61. The fraction of sp³-hybridized carbons (Fsp3) is 0.167. The minimum atomic E-state index is -0.588. The van der Waals surface area contributed by atoms with Gasteiger partial charge in [0.05, 0.1) is 0 Å². The molecular formula is C48H28O6. The van der Waals surface area contributed by atoms with Gasteiger partial charge in [0.2, 0.25) is 0 Å². The van der Waals surface area contributed by atoms with Crippen LogP contribution in [0.4, 0.5) is 0 Å². The smallest absolute Gasteiger partial charge is 0.193 e. The molecule has 54 heavy (non-hydrogen) atoms. The Kier molecular flexibility index (Phi) is 5.39. The average Bonchev–Trinajstić information content (AvgIpc) is 3.98. The molecule has 6 heteroatoms. The van der Waals surface area contributed by atoms with Gasteiger partial charge < -0.3 is 9.47 Å². The van der Waals surface area contributed by atoms with Crippen LogP contribution in [0.15, 0.2) is 119 Å². The summed E-state index contributed by atoms with van der Waals surface area (Å²) < 4.78 is 13.4. The molecule has 0 radical (unpaired) electrons. The lowest BCUT2D eigenvalue weighted by Crippen LogP contribution is -2.27. The molecule has 0 saturated heterocycles. The molecule has 0 saturated carbocycles. The highest BCUT2D eigenvalue weighted by molar-refractivity contribution is 6.31. The molecule has 0 fully saturated rings. The number of Topliss-reactive ketones (excluding diaryl/α,β-unsaturated/α-hetero) is 4. The summed E-state index contributed by atoms with van der Waals surface area (Å²) in [5.74, 6) is -0.473. The minimum Gasteiger partial charge on any atom is -0.356 e.